The van der Waals surface area contributed by atoms with E-state index in [-0.39, 0.29) is 12.4 Å². The highest BCUT2D eigenvalue weighted by Gasteiger charge is 2.23. The minimum absolute atomic E-state index is 0.0256. The van der Waals surface area contributed by atoms with Gasteiger partial charge in [-0.15, -0.1) is 0 Å². The molecule has 0 radical (unpaired) electrons. The van der Waals surface area contributed by atoms with Crippen LogP contribution in [0.2, 0.25) is 0 Å². The molecular formula is C18H15BrO4. The normalized spacial score (nSPS) is 15.1. The third-order valence-corrected chi connectivity index (χ3v) is 4.10. The number of hydrogen-bond acceptors (Lipinski definition) is 4. The second-order valence-corrected chi connectivity index (χ2v) is 5.96. The highest BCUT2D eigenvalue weighted by atomic mass is 79.9. The highest BCUT2D eigenvalue weighted by molar-refractivity contribution is 9.10. The number of carbonyl (C=O) groups is 1. The van der Waals surface area contributed by atoms with Gasteiger partial charge in [0.15, 0.2) is 17.3 Å². The van der Waals surface area contributed by atoms with Crippen molar-refractivity contribution in [3.8, 4) is 17.2 Å². The topological polar surface area (TPSA) is 44.8 Å². The van der Waals surface area contributed by atoms with Gasteiger partial charge < -0.3 is 14.2 Å². The van der Waals surface area contributed by atoms with E-state index in [1.54, 1.807) is 26.4 Å². The third-order valence-electron chi connectivity index (χ3n) is 3.61. The third kappa shape index (κ3) is 3.10. The molecule has 0 aromatic heterocycles. The van der Waals surface area contributed by atoms with Crippen molar-refractivity contribution >= 4 is 27.8 Å². The summed E-state index contributed by atoms with van der Waals surface area (Å²) in [5, 5.41) is 0. The molecule has 0 N–H and O–H groups in total. The number of benzene rings is 2. The lowest BCUT2D eigenvalue weighted by atomic mass is 9.98. The molecule has 4 nitrogen and oxygen atoms in total. The lowest BCUT2D eigenvalue weighted by Crippen LogP contribution is -2.19. The Hall–Kier alpha value is -2.27. The van der Waals surface area contributed by atoms with E-state index in [1.807, 2.05) is 30.3 Å². The Labute approximate surface area is 142 Å². The van der Waals surface area contributed by atoms with Gasteiger partial charge in [0.2, 0.25) is 0 Å². The highest BCUT2D eigenvalue weighted by Crippen LogP contribution is 2.32. The summed E-state index contributed by atoms with van der Waals surface area (Å²) >= 11 is 3.38. The van der Waals surface area contributed by atoms with E-state index in [1.165, 1.54) is 0 Å². The molecule has 2 aromatic carbocycles. The Morgan fingerprint density at radius 1 is 1.09 bits per heavy atom. The van der Waals surface area contributed by atoms with Gasteiger partial charge in [0.1, 0.15) is 12.4 Å². The predicted molar refractivity (Wildman–Crippen MR) is 91.5 cm³/mol. The van der Waals surface area contributed by atoms with Crippen molar-refractivity contribution in [1.82, 2.24) is 0 Å². The lowest BCUT2D eigenvalue weighted by Gasteiger charge is -2.19. The molecule has 0 bridgehead atoms. The summed E-state index contributed by atoms with van der Waals surface area (Å²) in [4.78, 5) is 12.6. The molecule has 0 unspecified atom stereocenters. The summed E-state index contributed by atoms with van der Waals surface area (Å²) in [5.41, 5.74) is 2.02. The minimum Gasteiger partial charge on any atom is -0.493 e. The largest absolute Gasteiger partial charge is 0.493 e. The number of ether oxygens (including phenoxy) is 3. The summed E-state index contributed by atoms with van der Waals surface area (Å²) in [6.07, 6.45) is 1.81. The van der Waals surface area contributed by atoms with Crippen LogP contribution in [0.5, 0.6) is 17.2 Å². The first kappa shape index (κ1) is 15.6. The van der Waals surface area contributed by atoms with E-state index in [0.29, 0.717) is 28.4 Å². The van der Waals surface area contributed by atoms with Crippen LogP contribution in [0.25, 0.3) is 6.08 Å². The smallest absolute Gasteiger partial charge is 0.196 e. The number of hydrogen-bond donors (Lipinski definition) is 0. The fourth-order valence-corrected chi connectivity index (χ4v) is 2.81. The molecule has 23 heavy (non-hydrogen) atoms. The van der Waals surface area contributed by atoms with Crippen LogP contribution >= 0.6 is 15.9 Å². The summed E-state index contributed by atoms with van der Waals surface area (Å²) in [7, 11) is 3.17. The molecule has 0 spiro atoms. The van der Waals surface area contributed by atoms with E-state index >= 15 is 0 Å². The van der Waals surface area contributed by atoms with Crippen molar-refractivity contribution in [2.75, 3.05) is 20.8 Å². The van der Waals surface area contributed by atoms with Crippen molar-refractivity contribution in [1.29, 1.82) is 0 Å². The molecule has 0 saturated heterocycles. The maximum Gasteiger partial charge on any atom is 0.196 e. The standard InChI is InChI=1S/C18H15BrO4/c1-21-16-5-3-11(8-17(16)22-2)7-12-10-23-15-6-4-13(19)9-14(15)18(12)20/h3-9H,10H2,1-2H3/b12-7+. The summed E-state index contributed by atoms with van der Waals surface area (Å²) in [6, 6.07) is 10.9. The molecular weight excluding hydrogens is 360 g/mol. The predicted octanol–water partition coefficient (Wildman–Crippen LogP) is 4.13. The maximum atomic E-state index is 12.6. The fourth-order valence-electron chi connectivity index (χ4n) is 2.45. The quantitative estimate of drug-likeness (QED) is 0.757. The first-order valence-electron chi connectivity index (χ1n) is 7.02. The fraction of sp³-hybridized carbons (Fsp3) is 0.167. The zero-order chi connectivity index (χ0) is 16.4. The average molecular weight is 375 g/mol. The van der Waals surface area contributed by atoms with E-state index in [4.69, 9.17) is 14.2 Å². The number of Topliss-reactive ketones (excluding diaryl/α,β-unsaturated/α-hetero) is 1. The van der Waals surface area contributed by atoms with E-state index in [0.717, 1.165) is 10.0 Å². The van der Waals surface area contributed by atoms with Crippen molar-refractivity contribution in [3.63, 3.8) is 0 Å². The zero-order valence-corrected chi connectivity index (χ0v) is 14.3. The van der Waals surface area contributed by atoms with Crippen molar-refractivity contribution in [2.24, 2.45) is 0 Å². The first-order chi connectivity index (χ1) is 11.1. The Morgan fingerprint density at radius 3 is 2.61 bits per heavy atom. The van der Waals surface area contributed by atoms with Crippen LogP contribution < -0.4 is 14.2 Å². The summed E-state index contributed by atoms with van der Waals surface area (Å²) in [5.74, 6) is 1.86. The van der Waals surface area contributed by atoms with Crippen LogP contribution in [-0.4, -0.2) is 26.6 Å². The molecule has 5 heteroatoms. The first-order valence-corrected chi connectivity index (χ1v) is 7.81. The molecule has 0 saturated carbocycles. The van der Waals surface area contributed by atoms with E-state index in [2.05, 4.69) is 15.9 Å². The molecule has 1 aliphatic rings. The van der Waals surface area contributed by atoms with Crippen LogP contribution in [0.1, 0.15) is 15.9 Å². The van der Waals surface area contributed by atoms with Crippen LogP contribution in [0.15, 0.2) is 46.4 Å². The van der Waals surface area contributed by atoms with Gasteiger partial charge in [0.05, 0.1) is 19.8 Å². The van der Waals surface area contributed by atoms with Gasteiger partial charge >= 0.3 is 0 Å². The van der Waals surface area contributed by atoms with Crippen LogP contribution in [0.3, 0.4) is 0 Å². The molecule has 0 amide bonds. The molecule has 0 fully saturated rings. The number of carbonyl (C=O) groups excluding carboxylic acids is 1. The van der Waals surface area contributed by atoms with E-state index in [9.17, 15) is 4.79 Å². The van der Waals surface area contributed by atoms with Gasteiger partial charge in [-0.1, -0.05) is 22.0 Å². The Morgan fingerprint density at radius 2 is 1.87 bits per heavy atom. The van der Waals surface area contributed by atoms with Crippen LogP contribution in [0.4, 0.5) is 0 Å². The van der Waals surface area contributed by atoms with Crippen molar-refractivity contribution in [3.05, 3.63) is 57.6 Å². The van der Waals surface area contributed by atoms with Gasteiger partial charge in [-0.05, 0) is 42.0 Å². The van der Waals surface area contributed by atoms with Crippen LogP contribution in [-0.2, 0) is 0 Å². The number of methoxy groups -OCH3 is 2. The van der Waals surface area contributed by atoms with Gasteiger partial charge in [0, 0.05) is 10.0 Å². The molecule has 2 aromatic rings. The molecule has 1 aliphatic heterocycles. The molecule has 3 rings (SSSR count). The lowest BCUT2D eigenvalue weighted by molar-refractivity contribution is 0.100. The number of fused-ring (bicyclic) bond motifs is 1. The van der Waals surface area contributed by atoms with Crippen molar-refractivity contribution in [2.45, 2.75) is 0 Å². The molecule has 0 aliphatic carbocycles. The summed E-state index contributed by atoms with van der Waals surface area (Å²) in [6.45, 7) is 0.252. The number of rotatable bonds is 3. The minimum atomic E-state index is -0.0256. The van der Waals surface area contributed by atoms with Gasteiger partial charge in [-0.2, -0.15) is 0 Å². The number of ketones is 1. The zero-order valence-electron chi connectivity index (χ0n) is 12.8. The van der Waals surface area contributed by atoms with Gasteiger partial charge in [0.25, 0.3) is 0 Å². The molecule has 0 atom stereocenters. The monoisotopic (exact) mass is 374 g/mol. The van der Waals surface area contributed by atoms with Crippen LogP contribution in [0, 0.1) is 0 Å². The van der Waals surface area contributed by atoms with Gasteiger partial charge in [-0.3, -0.25) is 4.79 Å². The van der Waals surface area contributed by atoms with Crippen molar-refractivity contribution < 1.29 is 19.0 Å². The molecule has 1 heterocycles. The SMILES string of the molecule is COc1ccc(/C=C2\COc3ccc(Br)cc3C2=O)cc1OC. The molecule has 118 valence electrons. The Bertz CT molecular complexity index is 796. The van der Waals surface area contributed by atoms with Gasteiger partial charge in [-0.25, -0.2) is 0 Å². The average Bonchev–Trinajstić information content (AvgIpc) is 2.57. The Balaban J connectivity index is 1.96. The summed E-state index contributed by atoms with van der Waals surface area (Å²) < 4.78 is 17.0. The maximum absolute atomic E-state index is 12.6. The second kappa shape index (κ2) is 6.46. The Kier molecular flexibility index (Phi) is 4.39. The second-order valence-electron chi connectivity index (χ2n) is 5.04. The van der Waals surface area contributed by atoms with E-state index < -0.39 is 0 Å². The number of halogens is 1.